The molecule has 7 heteroatoms. The fourth-order valence-electron chi connectivity index (χ4n) is 2.50. The van der Waals surface area contributed by atoms with Gasteiger partial charge in [-0.15, -0.1) is 11.3 Å². The van der Waals surface area contributed by atoms with Gasteiger partial charge in [-0.05, 0) is 32.7 Å². The second kappa shape index (κ2) is 5.26. The van der Waals surface area contributed by atoms with Gasteiger partial charge in [0.1, 0.15) is 0 Å². The number of amides is 1. The third kappa shape index (κ3) is 2.62. The number of carbonyl (C=O) groups is 1. The summed E-state index contributed by atoms with van der Waals surface area (Å²) in [5.74, 6) is 0.208. The van der Waals surface area contributed by atoms with Gasteiger partial charge in [-0.25, -0.2) is 0 Å². The van der Waals surface area contributed by atoms with Crippen molar-refractivity contribution in [3.63, 3.8) is 0 Å². The molecule has 0 aromatic carbocycles. The summed E-state index contributed by atoms with van der Waals surface area (Å²) >= 11 is 1.18. The summed E-state index contributed by atoms with van der Waals surface area (Å²) in [6.45, 7) is 4.86. The Morgan fingerprint density at radius 2 is 2.37 bits per heavy atom. The number of hydrogen-bond acceptors (Lipinski definition) is 5. The number of likely N-dealkylation sites (tertiary alicyclic amines) is 1. The molecule has 2 N–H and O–H groups in total. The van der Waals surface area contributed by atoms with E-state index in [1.54, 1.807) is 11.8 Å². The van der Waals surface area contributed by atoms with Gasteiger partial charge >= 0.3 is 0 Å². The van der Waals surface area contributed by atoms with Crippen LogP contribution in [0.25, 0.3) is 0 Å². The van der Waals surface area contributed by atoms with Crippen LogP contribution in [0.2, 0.25) is 0 Å². The first-order chi connectivity index (χ1) is 8.93. The van der Waals surface area contributed by atoms with Crippen molar-refractivity contribution < 1.29 is 9.72 Å². The molecule has 0 saturated carbocycles. The van der Waals surface area contributed by atoms with Crippen molar-refractivity contribution in [2.45, 2.75) is 26.3 Å². The van der Waals surface area contributed by atoms with Crippen molar-refractivity contribution >= 4 is 22.9 Å². The lowest BCUT2D eigenvalue weighted by molar-refractivity contribution is -0.385. The van der Waals surface area contributed by atoms with E-state index in [0.717, 1.165) is 6.42 Å². The highest BCUT2D eigenvalue weighted by molar-refractivity contribution is 7.14. The number of nitrogens with two attached hydrogens (primary N) is 1. The van der Waals surface area contributed by atoms with Gasteiger partial charge in [-0.2, -0.15) is 0 Å². The maximum atomic E-state index is 12.4. The van der Waals surface area contributed by atoms with Gasteiger partial charge in [0.2, 0.25) is 0 Å². The molecule has 1 fully saturated rings. The standard InChI is InChI=1S/C12H17N3O3S/c1-7-3-9(5-13)6-14(7)12(16)11-4-10(15(17)18)8(2)19-11/h4,7,9H,3,5-6,13H2,1-2H3. The van der Waals surface area contributed by atoms with E-state index in [2.05, 4.69) is 0 Å². The van der Waals surface area contributed by atoms with Crippen LogP contribution in [0.4, 0.5) is 5.69 Å². The molecule has 1 amide bonds. The molecule has 1 aromatic heterocycles. The largest absolute Gasteiger partial charge is 0.335 e. The smallest absolute Gasteiger partial charge is 0.283 e. The maximum Gasteiger partial charge on any atom is 0.283 e. The lowest BCUT2D eigenvalue weighted by Gasteiger charge is -2.20. The van der Waals surface area contributed by atoms with Crippen molar-refractivity contribution in [3.05, 3.63) is 25.9 Å². The van der Waals surface area contributed by atoms with Crippen molar-refractivity contribution in [3.8, 4) is 0 Å². The van der Waals surface area contributed by atoms with Crippen LogP contribution in [0.3, 0.4) is 0 Å². The van der Waals surface area contributed by atoms with Gasteiger partial charge in [0.05, 0.1) is 14.7 Å². The molecule has 0 radical (unpaired) electrons. The highest BCUT2D eigenvalue weighted by atomic mass is 32.1. The Kier molecular flexibility index (Phi) is 3.86. The SMILES string of the molecule is Cc1sc(C(=O)N2CC(CN)CC2C)cc1[N+](=O)[O-]. The Hall–Kier alpha value is -1.47. The van der Waals surface area contributed by atoms with Crippen LogP contribution >= 0.6 is 11.3 Å². The lowest BCUT2D eigenvalue weighted by Crippen LogP contribution is -2.33. The van der Waals surface area contributed by atoms with E-state index < -0.39 is 4.92 Å². The van der Waals surface area contributed by atoms with Crippen LogP contribution in [0, 0.1) is 23.0 Å². The molecule has 0 bridgehead atoms. The van der Waals surface area contributed by atoms with Gasteiger partial charge in [-0.1, -0.05) is 0 Å². The normalized spacial score (nSPS) is 22.8. The minimum absolute atomic E-state index is 0.0237. The predicted molar refractivity (Wildman–Crippen MR) is 73.4 cm³/mol. The molecule has 6 nitrogen and oxygen atoms in total. The maximum absolute atomic E-state index is 12.4. The minimum Gasteiger partial charge on any atom is -0.335 e. The zero-order valence-electron chi connectivity index (χ0n) is 11.0. The number of thiophene rings is 1. The Labute approximate surface area is 115 Å². The molecule has 2 unspecified atom stereocenters. The van der Waals surface area contributed by atoms with Gasteiger partial charge < -0.3 is 10.6 Å². The summed E-state index contributed by atoms with van der Waals surface area (Å²) in [4.78, 5) is 25.5. The summed E-state index contributed by atoms with van der Waals surface area (Å²) in [7, 11) is 0. The molecule has 2 rings (SSSR count). The van der Waals surface area contributed by atoms with Gasteiger partial charge in [0, 0.05) is 18.7 Å². The molecule has 0 spiro atoms. The fraction of sp³-hybridized carbons (Fsp3) is 0.583. The average Bonchev–Trinajstić information content (AvgIpc) is 2.91. The minimum atomic E-state index is -0.446. The quantitative estimate of drug-likeness (QED) is 0.676. The third-order valence-corrected chi connectivity index (χ3v) is 4.58. The molecule has 2 heterocycles. The molecular formula is C12H17N3O3S. The van der Waals surface area contributed by atoms with Crippen LogP contribution in [0.1, 0.15) is 27.9 Å². The number of nitro groups is 1. The summed E-state index contributed by atoms with van der Waals surface area (Å²) in [6.07, 6.45) is 0.898. The Bertz CT molecular complexity index is 514. The van der Waals surface area contributed by atoms with Crippen molar-refractivity contribution in [2.75, 3.05) is 13.1 Å². The van der Waals surface area contributed by atoms with Crippen LogP contribution in [0.5, 0.6) is 0 Å². The fourth-order valence-corrected chi connectivity index (χ4v) is 3.44. The predicted octanol–water partition coefficient (Wildman–Crippen LogP) is 1.77. The van der Waals surface area contributed by atoms with E-state index in [1.807, 2.05) is 6.92 Å². The highest BCUT2D eigenvalue weighted by Gasteiger charge is 2.33. The van der Waals surface area contributed by atoms with Crippen LogP contribution in [-0.2, 0) is 0 Å². The Morgan fingerprint density at radius 1 is 1.68 bits per heavy atom. The van der Waals surface area contributed by atoms with E-state index in [9.17, 15) is 14.9 Å². The molecule has 1 aliphatic heterocycles. The zero-order valence-corrected chi connectivity index (χ0v) is 11.8. The number of rotatable bonds is 3. The summed E-state index contributed by atoms with van der Waals surface area (Å²) in [5, 5.41) is 10.8. The second-order valence-corrected chi connectivity index (χ2v) is 6.21. The van der Waals surface area contributed by atoms with E-state index in [1.165, 1.54) is 17.4 Å². The molecule has 1 aromatic rings. The van der Waals surface area contributed by atoms with Crippen LogP contribution in [0.15, 0.2) is 6.07 Å². The van der Waals surface area contributed by atoms with Gasteiger partial charge in [0.25, 0.3) is 11.6 Å². The molecule has 0 aliphatic carbocycles. The summed E-state index contributed by atoms with van der Waals surface area (Å²) in [6, 6.07) is 1.52. The topological polar surface area (TPSA) is 89.5 Å². The van der Waals surface area contributed by atoms with Gasteiger partial charge in [-0.3, -0.25) is 14.9 Å². The summed E-state index contributed by atoms with van der Waals surface area (Å²) < 4.78 is 0. The van der Waals surface area contributed by atoms with Crippen LogP contribution < -0.4 is 5.73 Å². The molecule has 19 heavy (non-hydrogen) atoms. The monoisotopic (exact) mass is 283 g/mol. The molecule has 2 atom stereocenters. The number of hydrogen-bond donors (Lipinski definition) is 1. The highest BCUT2D eigenvalue weighted by Crippen LogP contribution is 2.31. The summed E-state index contributed by atoms with van der Waals surface area (Å²) in [5.41, 5.74) is 5.66. The first-order valence-corrected chi connectivity index (χ1v) is 7.01. The third-order valence-electron chi connectivity index (χ3n) is 3.55. The first-order valence-electron chi connectivity index (χ1n) is 6.20. The van der Waals surface area contributed by atoms with E-state index in [-0.39, 0.29) is 17.6 Å². The van der Waals surface area contributed by atoms with E-state index >= 15 is 0 Å². The van der Waals surface area contributed by atoms with Crippen molar-refractivity contribution in [1.82, 2.24) is 4.90 Å². The van der Waals surface area contributed by atoms with Crippen molar-refractivity contribution in [2.24, 2.45) is 11.7 Å². The Morgan fingerprint density at radius 3 is 2.84 bits per heavy atom. The number of carbonyl (C=O) groups excluding carboxylic acids is 1. The first kappa shape index (κ1) is 14.0. The second-order valence-electron chi connectivity index (χ2n) is 4.95. The van der Waals surface area contributed by atoms with Crippen LogP contribution in [-0.4, -0.2) is 34.9 Å². The number of aryl methyl sites for hydroxylation is 1. The lowest BCUT2D eigenvalue weighted by atomic mass is 10.1. The molecule has 104 valence electrons. The van der Waals surface area contributed by atoms with E-state index in [4.69, 9.17) is 5.73 Å². The molecule has 1 aliphatic rings. The average molecular weight is 283 g/mol. The molecular weight excluding hydrogens is 266 g/mol. The Balaban J connectivity index is 2.20. The van der Waals surface area contributed by atoms with E-state index in [0.29, 0.717) is 28.8 Å². The molecule has 1 saturated heterocycles. The van der Waals surface area contributed by atoms with Gasteiger partial charge in [0.15, 0.2) is 0 Å². The van der Waals surface area contributed by atoms with Crippen molar-refractivity contribution in [1.29, 1.82) is 0 Å². The zero-order chi connectivity index (χ0) is 14.2. The number of nitrogens with zero attached hydrogens (tertiary/aromatic N) is 2.